The molecule has 110 valence electrons. The van der Waals surface area contributed by atoms with E-state index in [1.165, 1.54) is 0 Å². The molecule has 4 amide bonds. The first-order valence-electron chi connectivity index (χ1n) is 6.51. The average molecular weight is 282 g/mol. The Morgan fingerprint density at radius 2 is 1.95 bits per heavy atom. The van der Waals surface area contributed by atoms with E-state index in [0.717, 1.165) is 4.90 Å². The number of amides is 4. The third-order valence-corrected chi connectivity index (χ3v) is 3.43. The monoisotopic (exact) mass is 282 g/mol. The van der Waals surface area contributed by atoms with Gasteiger partial charge in [0.25, 0.3) is 0 Å². The number of likely N-dealkylation sites (tertiary alicyclic amines) is 1. The van der Waals surface area contributed by atoms with Crippen LogP contribution in [0.1, 0.15) is 40.0 Å². The lowest BCUT2D eigenvalue weighted by Crippen LogP contribution is -2.50. The van der Waals surface area contributed by atoms with Gasteiger partial charge >= 0.3 is 6.09 Å². The molecule has 1 N–H and O–H groups in total. The van der Waals surface area contributed by atoms with Gasteiger partial charge in [-0.3, -0.25) is 19.7 Å². The van der Waals surface area contributed by atoms with Gasteiger partial charge in [-0.05, 0) is 27.2 Å². The number of hydrogen-bond donors (Lipinski definition) is 1. The second-order valence-electron chi connectivity index (χ2n) is 6.29. The van der Waals surface area contributed by atoms with Crippen LogP contribution >= 0.6 is 0 Å². The van der Waals surface area contributed by atoms with Crippen molar-refractivity contribution < 1.29 is 23.9 Å². The molecule has 0 saturated carbocycles. The first-order chi connectivity index (χ1) is 9.13. The predicted molar refractivity (Wildman–Crippen MR) is 67.4 cm³/mol. The summed E-state index contributed by atoms with van der Waals surface area (Å²) in [6, 6.07) is 0. The fraction of sp³-hybridized carbons (Fsp3) is 0.692. The van der Waals surface area contributed by atoms with Gasteiger partial charge in [0.1, 0.15) is 5.60 Å². The number of carbonyl (C=O) groups excluding carboxylic acids is 4. The highest BCUT2D eigenvalue weighted by molar-refractivity contribution is 6.06. The number of nitrogens with zero attached hydrogens (tertiary/aromatic N) is 1. The Balaban J connectivity index is 2.13. The zero-order valence-corrected chi connectivity index (χ0v) is 11.8. The molecule has 0 bridgehead atoms. The maximum absolute atomic E-state index is 12.0. The Morgan fingerprint density at radius 1 is 1.30 bits per heavy atom. The molecule has 7 heteroatoms. The second kappa shape index (κ2) is 4.57. The van der Waals surface area contributed by atoms with Crippen molar-refractivity contribution in [1.29, 1.82) is 0 Å². The standard InChI is InChI=1S/C13H18N2O5/c1-12(2,3)20-11(19)15-7-13(6-9(15)17)5-4-8(16)14-10(13)18/h4-7H2,1-3H3,(H,14,16,18). The molecule has 2 aliphatic rings. The fourth-order valence-electron chi connectivity index (χ4n) is 2.42. The molecule has 0 radical (unpaired) electrons. The molecule has 7 nitrogen and oxygen atoms in total. The topological polar surface area (TPSA) is 92.8 Å². The van der Waals surface area contributed by atoms with Crippen LogP contribution in [0, 0.1) is 5.41 Å². The van der Waals surface area contributed by atoms with E-state index in [-0.39, 0.29) is 31.7 Å². The van der Waals surface area contributed by atoms with Gasteiger partial charge in [0.05, 0.1) is 5.41 Å². The van der Waals surface area contributed by atoms with Gasteiger partial charge in [-0.15, -0.1) is 0 Å². The van der Waals surface area contributed by atoms with Crippen molar-refractivity contribution in [2.75, 3.05) is 6.54 Å². The van der Waals surface area contributed by atoms with Crippen molar-refractivity contribution in [3.8, 4) is 0 Å². The van der Waals surface area contributed by atoms with Gasteiger partial charge in [0.2, 0.25) is 17.7 Å². The van der Waals surface area contributed by atoms with Crippen LogP contribution in [0.25, 0.3) is 0 Å². The van der Waals surface area contributed by atoms with Crippen LogP contribution in [0.4, 0.5) is 4.79 Å². The van der Waals surface area contributed by atoms with E-state index in [9.17, 15) is 19.2 Å². The van der Waals surface area contributed by atoms with Crippen LogP contribution in [0.15, 0.2) is 0 Å². The first-order valence-corrected chi connectivity index (χ1v) is 6.51. The summed E-state index contributed by atoms with van der Waals surface area (Å²) in [7, 11) is 0. The lowest BCUT2D eigenvalue weighted by atomic mass is 9.79. The summed E-state index contributed by atoms with van der Waals surface area (Å²) in [4.78, 5) is 48.0. The molecule has 1 unspecified atom stereocenters. The molecule has 2 fully saturated rings. The minimum absolute atomic E-state index is 0.0279. The number of carbonyl (C=O) groups is 4. The average Bonchev–Trinajstić information content (AvgIpc) is 2.61. The van der Waals surface area contributed by atoms with E-state index in [2.05, 4.69) is 5.32 Å². The molecule has 2 rings (SSSR count). The fourth-order valence-corrected chi connectivity index (χ4v) is 2.42. The Morgan fingerprint density at radius 3 is 2.50 bits per heavy atom. The van der Waals surface area contributed by atoms with Gasteiger partial charge in [0, 0.05) is 19.4 Å². The van der Waals surface area contributed by atoms with Crippen LogP contribution in [-0.2, 0) is 19.1 Å². The highest BCUT2D eigenvalue weighted by Gasteiger charge is 2.53. The first kappa shape index (κ1) is 14.5. The molecule has 0 aromatic heterocycles. The van der Waals surface area contributed by atoms with E-state index < -0.39 is 28.9 Å². The van der Waals surface area contributed by atoms with E-state index in [4.69, 9.17) is 4.74 Å². The summed E-state index contributed by atoms with van der Waals surface area (Å²) in [5, 5.41) is 2.23. The molecule has 20 heavy (non-hydrogen) atoms. The summed E-state index contributed by atoms with van der Waals surface area (Å²) in [6.07, 6.45) is -0.348. The Kier molecular flexibility index (Phi) is 3.31. The van der Waals surface area contributed by atoms with Crippen LogP contribution in [0.2, 0.25) is 0 Å². The molecule has 0 aliphatic carbocycles. The molecule has 2 aliphatic heterocycles. The van der Waals surface area contributed by atoms with Gasteiger partial charge in [-0.2, -0.15) is 0 Å². The van der Waals surface area contributed by atoms with E-state index in [1.807, 2.05) is 0 Å². The zero-order chi connectivity index (χ0) is 15.1. The maximum atomic E-state index is 12.0. The Labute approximate surface area is 116 Å². The molecular formula is C13H18N2O5. The van der Waals surface area contributed by atoms with Gasteiger partial charge in [0.15, 0.2) is 0 Å². The van der Waals surface area contributed by atoms with Gasteiger partial charge in [-0.1, -0.05) is 0 Å². The van der Waals surface area contributed by atoms with Crippen molar-refractivity contribution in [3.05, 3.63) is 0 Å². The number of ether oxygens (including phenoxy) is 1. The lowest BCUT2D eigenvalue weighted by molar-refractivity contribution is -0.142. The van der Waals surface area contributed by atoms with Crippen molar-refractivity contribution in [1.82, 2.24) is 10.2 Å². The highest BCUT2D eigenvalue weighted by Crippen LogP contribution is 2.38. The number of piperidine rings is 1. The third kappa shape index (κ3) is 2.66. The van der Waals surface area contributed by atoms with Crippen molar-refractivity contribution >= 4 is 23.8 Å². The molecule has 1 atom stereocenters. The van der Waals surface area contributed by atoms with Gasteiger partial charge in [-0.25, -0.2) is 9.69 Å². The van der Waals surface area contributed by atoms with Gasteiger partial charge < -0.3 is 4.74 Å². The Hall–Kier alpha value is -1.92. The van der Waals surface area contributed by atoms with Crippen LogP contribution in [0.3, 0.4) is 0 Å². The van der Waals surface area contributed by atoms with Crippen LogP contribution in [0.5, 0.6) is 0 Å². The molecule has 0 aromatic rings. The highest BCUT2D eigenvalue weighted by atomic mass is 16.6. The summed E-state index contributed by atoms with van der Waals surface area (Å²) in [5.74, 6) is -1.26. The Bertz CT molecular complexity index is 493. The SMILES string of the molecule is CC(C)(C)OC(=O)N1CC2(CCC(=O)NC2=O)CC1=O. The number of rotatable bonds is 0. The predicted octanol–water partition coefficient (Wildman–Crippen LogP) is 0.577. The van der Waals surface area contributed by atoms with Crippen molar-refractivity contribution in [2.45, 2.75) is 45.6 Å². The minimum Gasteiger partial charge on any atom is -0.443 e. The normalized spacial score (nSPS) is 26.9. The molecule has 1 spiro atoms. The second-order valence-corrected chi connectivity index (χ2v) is 6.29. The molecular weight excluding hydrogens is 264 g/mol. The van der Waals surface area contributed by atoms with Crippen molar-refractivity contribution in [3.63, 3.8) is 0 Å². The molecule has 0 aromatic carbocycles. The third-order valence-electron chi connectivity index (χ3n) is 3.43. The maximum Gasteiger partial charge on any atom is 0.417 e. The smallest absolute Gasteiger partial charge is 0.417 e. The summed E-state index contributed by atoms with van der Waals surface area (Å²) >= 11 is 0. The van der Waals surface area contributed by atoms with Crippen molar-refractivity contribution in [2.24, 2.45) is 5.41 Å². The number of imide groups is 2. The number of hydrogen-bond acceptors (Lipinski definition) is 5. The summed E-state index contributed by atoms with van der Waals surface area (Å²) in [6.45, 7) is 5.08. The molecule has 2 heterocycles. The zero-order valence-electron chi connectivity index (χ0n) is 11.8. The largest absolute Gasteiger partial charge is 0.443 e. The van der Waals surface area contributed by atoms with E-state index in [1.54, 1.807) is 20.8 Å². The number of nitrogens with one attached hydrogen (secondary N) is 1. The van der Waals surface area contributed by atoms with Crippen LogP contribution in [-0.4, -0.2) is 40.9 Å². The van der Waals surface area contributed by atoms with E-state index in [0.29, 0.717) is 0 Å². The lowest BCUT2D eigenvalue weighted by Gasteiger charge is -2.30. The van der Waals surface area contributed by atoms with E-state index >= 15 is 0 Å². The van der Waals surface area contributed by atoms with Crippen LogP contribution < -0.4 is 5.32 Å². The summed E-state index contributed by atoms with van der Waals surface area (Å²) in [5.41, 5.74) is -1.69. The minimum atomic E-state index is -0.984. The summed E-state index contributed by atoms with van der Waals surface area (Å²) < 4.78 is 5.15. The quantitative estimate of drug-likeness (QED) is 0.656. The molecule has 2 saturated heterocycles.